The maximum absolute atomic E-state index is 10.7. The van der Waals surface area contributed by atoms with Crippen LogP contribution in [-0.4, -0.2) is 53.8 Å². The normalized spacial score (nSPS) is 12.2. The molecular weight excluding hydrogens is 278 g/mol. The number of carbonyl (C=O) groups is 1. The summed E-state index contributed by atoms with van der Waals surface area (Å²) in [5, 5.41) is 9.80. The van der Waals surface area contributed by atoms with Crippen molar-refractivity contribution in [1.82, 2.24) is 4.90 Å². The first-order valence-electron chi connectivity index (χ1n) is 6.06. The Labute approximate surface area is 123 Å². The molecule has 6 nitrogen and oxygen atoms in total. The summed E-state index contributed by atoms with van der Waals surface area (Å²) >= 11 is 4.88. The van der Waals surface area contributed by atoms with E-state index in [1.807, 2.05) is 0 Å². The average molecular weight is 297 g/mol. The topological polar surface area (TPSA) is 102 Å². The number of nitrogens with zero attached hydrogens (tertiary/aromatic N) is 1. The summed E-state index contributed by atoms with van der Waals surface area (Å²) in [7, 11) is 1.70. The van der Waals surface area contributed by atoms with Crippen LogP contribution in [0.25, 0.3) is 0 Å². The monoisotopic (exact) mass is 297 g/mol. The zero-order chi connectivity index (χ0) is 15.1. The van der Waals surface area contributed by atoms with Crippen LogP contribution in [0.1, 0.15) is 5.56 Å². The van der Waals surface area contributed by atoms with E-state index >= 15 is 0 Å². The summed E-state index contributed by atoms with van der Waals surface area (Å²) in [6, 6.07) is 7.02. The Hall–Kier alpha value is -1.70. The largest absolute Gasteiger partial charge is 0.491 e. The summed E-state index contributed by atoms with van der Waals surface area (Å²) in [5.74, 6) is 0.136. The number of likely N-dealkylation sites (N-methyl/N-ethyl adjacent to an activating group) is 1. The molecule has 20 heavy (non-hydrogen) atoms. The molecule has 0 heterocycles. The number of hydrogen-bond acceptors (Lipinski definition) is 5. The number of benzene rings is 1. The minimum atomic E-state index is -0.729. The number of thiocarbonyl (C=S) groups is 1. The number of primary amides is 1. The van der Waals surface area contributed by atoms with Gasteiger partial charge in [-0.2, -0.15) is 0 Å². The van der Waals surface area contributed by atoms with Crippen LogP contribution in [0.15, 0.2) is 24.3 Å². The lowest BCUT2D eigenvalue weighted by Crippen LogP contribution is -2.38. The molecular formula is C13H19N3O3S. The number of carbonyl (C=O) groups excluding carboxylic acids is 1. The van der Waals surface area contributed by atoms with Gasteiger partial charge >= 0.3 is 0 Å². The lowest BCUT2D eigenvalue weighted by molar-refractivity contribution is -0.119. The molecule has 0 radical (unpaired) electrons. The molecule has 0 saturated heterocycles. The Kier molecular flexibility index (Phi) is 6.37. The van der Waals surface area contributed by atoms with E-state index in [2.05, 4.69) is 0 Å². The molecule has 7 heteroatoms. The summed E-state index contributed by atoms with van der Waals surface area (Å²) in [4.78, 5) is 12.6. The quantitative estimate of drug-likeness (QED) is 0.558. The van der Waals surface area contributed by atoms with E-state index in [-0.39, 0.29) is 24.7 Å². The van der Waals surface area contributed by atoms with Gasteiger partial charge in [0.2, 0.25) is 5.91 Å². The van der Waals surface area contributed by atoms with E-state index in [4.69, 9.17) is 28.4 Å². The van der Waals surface area contributed by atoms with Crippen molar-refractivity contribution in [2.45, 2.75) is 6.10 Å². The lowest BCUT2D eigenvalue weighted by atomic mass is 10.2. The van der Waals surface area contributed by atoms with E-state index in [9.17, 15) is 9.90 Å². The second kappa shape index (κ2) is 7.78. The van der Waals surface area contributed by atoms with E-state index < -0.39 is 12.0 Å². The van der Waals surface area contributed by atoms with Crippen LogP contribution in [-0.2, 0) is 4.79 Å². The number of aliphatic hydroxyl groups excluding tert-OH is 1. The highest BCUT2D eigenvalue weighted by Crippen LogP contribution is 2.13. The molecule has 0 saturated carbocycles. The van der Waals surface area contributed by atoms with E-state index in [1.165, 1.54) is 0 Å². The highest BCUT2D eigenvalue weighted by molar-refractivity contribution is 7.80. The molecule has 0 bridgehead atoms. The van der Waals surface area contributed by atoms with Gasteiger partial charge in [0.25, 0.3) is 0 Å². The molecule has 1 unspecified atom stereocenters. The van der Waals surface area contributed by atoms with Crippen LogP contribution < -0.4 is 16.2 Å². The maximum atomic E-state index is 10.7. The molecule has 0 spiro atoms. The molecule has 5 N–H and O–H groups in total. The molecule has 0 fully saturated rings. The maximum Gasteiger partial charge on any atom is 0.231 e. The molecule has 1 rings (SSSR count). The Morgan fingerprint density at radius 1 is 1.50 bits per heavy atom. The van der Waals surface area contributed by atoms with Crippen LogP contribution >= 0.6 is 12.2 Å². The molecule has 1 aromatic carbocycles. The summed E-state index contributed by atoms with van der Waals surface area (Å²) in [5.41, 5.74) is 11.3. The number of nitrogens with two attached hydrogens (primary N) is 2. The molecule has 0 aliphatic rings. The number of rotatable bonds is 8. The van der Waals surface area contributed by atoms with Gasteiger partial charge in [-0.15, -0.1) is 0 Å². The van der Waals surface area contributed by atoms with Gasteiger partial charge in [-0.25, -0.2) is 0 Å². The van der Waals surface area contributed by atoms with Crippen molar-refractivity contribution < 1.29 is 14.6 Å². The number of amides is 1. The second-order valence-electron chi connectivity index (χ2n) is 4.52. The number of ether oxygens (including phenoxy) is 1. The van der Waals surface area contributed by atoms with Crippen molar-refractivity contribution in [2.75, 3.05) is 26.7 Å². The zero-order valence-corrected chi connectivity index (χ0v) is 12.1. The highest BCUT2D eigenvalue weighted by atomic mass is 32.1. The third-order valence-electron chi connectivity index (χ3n) is 2.51. The average Bonchev–Trinajstić information content (AvgIpc) is 2.35. The number of aliphatic hydroxyl groups is 1. The first-order chi connectivity index (χ1) is 9.38. The fourth-order valence-electron chi connectivity index (χ4n) is 1.67. The van der Waals surface area contributed by atoms with E-state index in [0.29, 0.717) is 11.3 Å². The standard InChI is InChI=1S/C13H19N3O3S/c1-16(7-12(14)18)6-10(17)8-19-11-4-2-3-9(5-11)13(15)20/h2-5,10,17H,6-8H2,1H3,(H2,14,18)(H2,15,20). The van der Waals surface area contributed by atoms with Crippen LogP contribution in [0.3, 0.4) is 0 Å². The fraction of sp³-hybridized carbons (Fsp3) is 0.385. The molecule has 1 amide bonds. The Bertz CT molecular complexity index is 482. The lowest BCUT2D eigenvalue weighted by Gasteiger charge is -2.19. The van der Waals surface area contributed by atoms with Gasteiger partial charge in [0.15, 0.2) is 0 Å². The van der Waals surface area contributed by atoms with Gasteiger partial charge in [-0.1, -0.05) is 24.4 Å². The van der Waals surface area contributed by atoms with Crippen molar-refractivity contribution in [3.8, 4) is 5.75 Å². The minimum Gasteiger partial charge on any atom is -0.491 e. The summed E-state index contributed by atoms with van der Waals surface area (Å²) in [6.07, 6.45) is -0.729. The van der Waals surface area contributed by atoms with E-state index in [1.54, 1.807) is 36.2 Å². The van der Waals surface area contributed by atoms with Gasteiger partial charge in [0, 0.05) is 12.1 Å². The molecule has 1 aromatic rings. The van der Waals surface area contributed by atoms with Crippen molar-refractivity contribution in [3.63, 3.8) is 0 Å². The van der Waals surface area contributed by atoms with Crippen molar-refractivity contribution in [1.29, 1.82) is 0 Å². The third-order valence-corrected chi connectivity index (χ3v) is 2.74. The van der Waals surface area contributed by atoms with Gasteiger partial charge in [-0.05, 0) is 19.2 Å². The molecule has 1 atom stereocenters. The smallest absolute Gasteiger partial charge is 0.231 e. The van der Waals surface area contributed by atoms with Crippen LogP contribution in [0, 0.1) is 0 Å². The highest BCUT2D eigenvalue weighted by Gasteiger charge is 2.11. The summed E-state index contributed by atoms with van der Waals surface area (Å²) < 4.78 is 5.46. The summed E-state index contributed by atoms with van der Waals surface area (Å²) in [6.45, 7) is 0.482. The van der Waals surface area contributed by atoms with Crippen molar-refractivity contribution >= 4 is 23.1 Å². The van der Waals surface area contributed by atoms with Gasteiger partial charge in [0.05, 0.1) is 6.54 Å². The van der Waals surface area contributed by atoms with Gasteiger partial charge in [0.1, 0.15) is 23.4 Å². The second-order valence-corrected chi connectivity index (χ2v) is 4.96. The number of hydrogen-bond donors (Lipinski definition) is 3. The Morgan fingerprint density at radius 3 is 2.80 bits per heavy atom. The van der Waals surface area contributed by atoms with Crippen molar-refractivity contribution in [2.24, 2.45) is 11.5 Å². The van der Waals surface area contributed by atoms with Crippen LogP contribution in [0.4, 0.5) is 0 Å². The van der Waals surface area contributed by atoms with Crippen LogP contribution in [0.5, 0.6) is 5.75 Å². The predicted octanol–water partition coefficient (Wildman–Crippen LogP) is -0.522. The Morgan fingerprint density at radius 2 is 2.20 bits per heavy atom. The van der Waals surface area contributed by atoms with Gasteiger partial charge < -0.3 is 21.3 Å². The minimum absolute atomic E-state index is 0.0913. The third kappa shape index (κ3) is 5.96. The fourth-order valence-corrected chi connectivity index (χ4v) is 1.80. The predicted molar refractivity (Wildman–Crippen MR) is 80.5 cm³/mol. The zero-order valence-electron chi connectivity index (χ0n) is 11.3. The first-order valence-corrected chi connectivity index (χ1v) is 6.47. The Balaban J connectivity index is 2.44. The first kappa shape index (κ1) is 16.4. The van der Waals surface area contributed by atoms with Crippen molar-refractivity contribution in [3.05, 3.63) is 29.8 Å². The molecule has 0 aliphatic heterocycles. The SMILES string of the molecule is CN(CC(N)=O)CC(O)COc1cccc(C(N)=S)c1. The molecule has 0 aliphatic carbocycles. The molecule has 0 aromatic heterocycles. The van der Waals surface area contributed by atoms with E-state index in [0.717, 1.165) is 0 Å². The molecule has 110 valence electrons. The van der Waals surface area contributed by atoms with Crippen LogP contribution in [0.2, 0.25) is 0 Å². The van der Waals surface area contributed by atoms with Gasteiger partial charge in [-0.3, -0.25) is 9.69 Å².